The van der Waals surface area contributed by atoms with E-state index in [-0.39, 0.29) is 145 Å². The Morgan fingerprint density at radius 1 is 0.371 bits per heavy atom. The summed E-state index contributed by atoms with van der Waals surface area (Å²) in [6, 6.07) is -25.7. The van der Waals surface area contributed by atoms with E-state index in [2.05, 4.69) is 106 Å². The SMILES string of the molecule is CCCC[C@H](NC(=O)[C@@H](NC(=O)[C@H](CC(=O)O)NC(=O)[C@H](CCC(N)=O)NC(=O)[C@H](CC(C)C)NC(=O)[C@H](CC(C)C)NC(=O)[C@H](CCCN)NC(=O)[C@H](Cc1c[nH]cn1)NC(=O)[C@H](C)NC(=O)[C@H](CO)NC(=O)[C@H](CC(C)C)NC(=O)[C@H](CCC(N)=O)NC(=O)[C@H](CC)NC(=O)[C@H](CC(C)C)NC(=O)[C@@H](N)C(C)C)[C@@H](C)CC)C(=O)N[C@H](CCCNC(=N)N)C(=O)N[C@@H](CCCCNC(=N)N)C(=O)O. The van der Waals surface area contributed by atoms with E-state index >= 15 is 0 Å². The molecule has 0 saturated carbocycles. The number of nitrogens with two attached hydrogens (primary N) is 6. The van der Waals surface area contributed by atoms with Gasteiger partial charge in [-0.1, -0.05) is 116 Å². The first kappa shape index (κ1) is 125. The van der Waals surface area contributed by atoms with Crippen LogP contribution >= 0.6 is 0 Å². The maximum Gasteiger partial charge on any atom is 0.326 e. The fraction of sp³-hybridized carbons (Fsp3) is 0.719. The van der Waals surface area contributed by atoms with Gasteiger partial charge in [0.25, 0.3) is 0 Å². The molecule has 0 saturated heterocycles. The monoisotopic (exact) mass is 1990 g/mol. The molecule has 0 aliphatic heterocycles. The molecular weight excluding hydrogens is 1830 g/mol. The Balaban J connectivity index is 3.68. The van der Waals surface area contributed by atoms with Gasteiger partial charge in [0.05, 0.1) is 31.1 Å². The van der Waals surface area contributed by atoms with Crippen LogP contribution in [0.15, 0.2) is 12.5 Å². The molecule has 0 unspecified atom stereocenters. The van der Waals surface area contributed by atoms with Gasteiger partial charge in [-0.25, -0.2) is 9.78 Å². The van der Waals surface area contributed by atoms with Crippen LogP contribution in [0.25, 0.3) is 0 Å². The lowest BCUT2D eigenvalue weighted by Crippen LogP contribution is -2.61. The lowest BCUT2D eigenvalue weighted by molar-refractivity contribution is -0.143. The van der Waals surface area contributed by atoms with Gasteiger partial charge in [-0.05, 0) is 145 Å². The van der Waals surface area contributed by atoms with Gasteiger partial charge >= 0.3 is 11.9 Å². The number of aromatic amines is 1. The summed E-state index contributed by atoms with van der Waals surface area (Å²) in [6.45, 7) is 24.1. The van der Waals surface area contributed by atoms with Gasteiger partial charge in [0, 0.05) is 38.5 Å². The summed E-state index contributed by atoms with van der Waals surface area (Å²) in [6.07, 6.45) is 0.290. The number of guanidine groups is 2. The first-order valence-corrected chi connectivity index (χ1v) is 47.7. The van der Waals surface area contributed by atoms with Crippen LogP contribution in [0.2, 0.25) is 0 Å². The maximum atomic E-state index is 14.8. The number of nitrogens with zero attached hydrogens (tertiary/aromatic N) is 1. The first-order valence-electron chi connectivity index (χ1n) is 47.7. The molecule has 1 aromatic heterocycles. The quantitative estimate of drug-likeness (QED) is 0.0164. The Kier molecular flexibility index (Phi) is 58.8. The summed E-state index contributed by atoms with van der Waals surface area (Å²) in [5, 5.41) is 91.3. The zero-order chi connectivity index (χ0) is 106. The predicted molar refractivity (Wildman–Crippen MR) is 514 cm³/mol. The summed E-state index contributed by atoms with van der Waals surface area (Å²) < 4.78 is 0. The number of carboxylic acid groups (broad SMARTS) is 2. The number of aliphatic hydroxyl groups is 1. The van der Waals surface area contributed by atoms with Crippen LogP contribution in [0.5, 0.6) is 0 Å². The van der Waals surface area contributed by atoms with E-state index in [0.717, 1.165) is 0 Å². The Labute approximate surface area is 816 Å². The van der Waals surface area contributed by atoms with Crippen molar-refractivity contribution in [3.63, 3.8) is 0 Å². The summed E-state index contributed by atoms with van der Waals surface area (Å²) in [4.78, 5) is 284. The highest BCUT2D eigenvalue weighted by molar-refractivity contribution is 6.02. The standard InChI is InChI=1S/C89H158N28O23/c1-16-19-24-53(73(125)104-55(27-23-34-100-89(96)97)74(126)109-58(87(139)140)25-20-21-33-99-88(94)95)108-86(138)70(49(14)17-2)117-83(135)64(40-68(121)122)114-77(129)57(29-31-67(92)120)107-79(131)59(35-44(4)5)113-80(132)60(36-45(6)7)111-75(127)54(26-22-32-90)105-82(134)63(39-51-41-98-43-101-51)110-71(123)50(15)102-84(136)65(42-118)116-81(133)61(37-46(8)9)112-76(128)56(28-30-66(91)119)106-72(124)52(18-3)103-78(130)62(38-47(10)11)115-85(137)69(93)48(12)13/h41,43-50,52-65,69-70,118H,16-40,42,90,93H2,1-15H3,(H2,91,119)(H2,92,120)(H,98,101)(H,102,136)(H,103,130)(H,104,125)(H,105,134)(H,106,124)(H,107,131)(H,108,138)(H,109,126)(H,110,123)(H,111,127)(H,112,128)(H,113,132)(H,114,129)(H,115,137)(H,116,133)(H,117,135)(H,121,122)(H,139,140)(H4,94,95,99)(H4,96,97,100)/t49-,50-,52-,53-,54-,55+,56-,57-,58-,59-,60-,61-,62-,63-,64-,65-,69-,70-/m0/s1. The third kappa shape index (κ3) is 49.5. The van der Waals surface area contributed by atoms with Gasteiger partial charge in [-0.2, -0.15) is 0 Å². The van der Waals surface area contributed by atoms with Gasteiger partial charge in [-0.15, -0.1) is 0 Å². The molecule has 18 atom stereocenters. The van der Waals surface area contributed by atoms with Crippen LogP contribution in [-0.2, 0) is 102 Å². The minimum Gasteiger partial charge on any atom is -0.481 e. The van der Waals surface area contributed by atoms with Crippen molar-refractivity contribution < 1.29 is 111 Å². The zero-order valence-corrected chi connectivity index (χ0v) is 83.2. The zero-order valence-electron chi connectivity index (χ0n) is 83.2. The number of hydrogen-bond donors (Lipinski definition) is 30. The molecule has 1 aromatic rings. The molecule has 18 amide bonds. The number of amides is 18. The van der Waals surface area contributed by atoms with Crippen molar-refractivity contribution in [1.82, 2.24) is 106 Å². The largest absolute Gasteiger partial charge is 0.481 e. The number of carbonyl (C=O) groups excluding carboxylic acids is 18. The van der Waals surface area contributed by atoms with Crippen molar-refractivity contribution in [2.45, 2.75) is 348 Å². The lowest BCUT2D eigenvalue weighted by atomic mass is 9.96. The molecule has 792 valence electrons. The van der Waals surface area contributed by atoms with Crippen molar-refractivity contribution in [1.29, 1.82) is 10.8 Å². The fourth-order valence-corrected chi connectivity index (χ4v) is 14.2. The minimum absolute atomic E-state index is 0.0214. The second-order valence-corrected chi connectivity index (χ2v) is 36.9. The Morgan fingerprint density at radius 2 is 0.707 bits per heavy atom. The number of aromatic nitrogens is 2. The molecule has 0 fully saturated rings. The van der Waals surface area contributed by atoms with Crippen LogP contribution in [0.4, 0.5) is 0 Å². The Hall–Kier alpha value is -13.0. The number of aliphatic hydroxyl groups excluding tert-OH is 1. The van der Waals surface area contributed by atoms with Crippen molar-refractivity contribution in [3.05, 3.63) is 18.2 Å². The number of H-pyrrole nitrogens is 1. The second-order valence-electron chi connectivity index (χ2n) is 36.9. The third-order valence-corrected chi connectivity index (χ3v) is 22.3. The molecule has 51 nitrogen and oxygen atoms in total. The van der Waals surface area contributed by atoms with Gasteiger partial charge in [0.2, 0.25) is 106 Å². The van der Waals surface area contributed by atoms with E-state index in [0.29, 0.717) is 19.3 Å². The first-order chi connectivity index (χ1) is 65.6. The minimum atomic E-state index is -2.04. The van der Waals surface area contributed by atoms with E-state index in [1.807, 2.05) is 13.8 Å². The average Bonchev–Trinajstić information content (AvgIpc) is 1.33. The van der Waals surface area contributed by atoms with Crippen LogP contribution in [0, 0.1) is 46.3 Å². The highest BCUT2D eigenvalue weighted by Gasteiger charge is 2.41. The number of carboxylic acids is 2. The topological polar surface area (TPSA) is 851 Å². The van der Waals surface area contributed by atoms with Crippen molar-refractivity contribution >= 4 is 130 Å². The Morgan fingerprint density at radius 3 is 1.08 bits per heavy atom. The number of imidazole rings is 1. The molecule has 51 heteroatoms. The van der Waals surface area contributed by atoms with Gasteiger partial charge in [0.15, 0.2) is 11.9 Å². The predicted octanol–water partition coefficient (Wildman–Crippen LogP) is -5.72. The van der Waals surface area contributed by atoms with Gasteiger partial charge < -0.3 is 150 Å². The molecule has 0 spiro atoms. The summed E-state index contributed by atoms with van der Waals surface area (Å²) >= 11 is 0. The maximum absolute atomic E-state index is 14.8. The molecule has 1 heterocycles. The molecule has 0 bridgehead atoms. The van der Waals surface area contributed by atoms with Crippen LogP contribution in [-0.4, -0.2) is 284 Å². The summed E-state index contributed by atoms with van der Waals surface area (Å²) in [5.74, 6) is -23.6. The van der Waals surface area contributed by atoms with Crippen LogP contribution in [0.1, 0.15) is 244 Å². The van der Waals surface area contributed by atoms with E-state index in [1.165, 1.54) is 19.4 Å². The fourth-order valence-electron chi connectivity index (χ4n) is 14.2. The van der Waals surface area contributed by atoms with E-state index < -0.39 is 277 Å². The molecule has 1 rings (SSSR count). The summed E-state index contributed by atoms with van der Waals surface area (Å²) in [7, 11) is 0. The molecule has 36 N–H and O–H groups in total. The number of nitrogens with one attached hydrogen (secondary N) is 21. The highest BCUT2D eigenvalue weighted by Crippen LogP contribution is 2.18. The van der Waals surface area contributed by atoms with E-state index in [9.17, 15) is 111 Å². The average molecular weight is 1990 g/mol. The third-order valence-electron chi connectivity index (χ3n) is 22.3. The van der Waals surface area contributed by atoms with Gasteiger partial charge in [-0.3, -0.25) is 102 Å². The molecule has 0 aromatic carbocycles. The van der Waals surface area contributed by atoms with Crippen molar-refractivity contribution in [2.75, 3.05) is 26.2 Å². The number of aliphatic carboxylic acids is 2. The van der Waals surface area contributed by atoms with E-state index in [4.69, 9.17) is 45.2 Å². The molecule has 0 aliphatic carbocycles. The molecular formula is C89H158N28O23. The van der Waals surface area contributed by atoms with E-state index in [1.54, 1.807) is 83.1 Å². The van der Waals surface area contributed by atoms with Crippen LogP contribution in [0.3, 0.4) is 0 Å². The normalized spacial score (nSPS) is 15.1. The molecule has 0 radical (unpaired) electrons. The van der Waals surface area contributed by atoms with Crippen molar-refractivity contribution in [2.24, 2.45) is 69.9 Å². The highest BCUT2D eigenvalue weighted by atomic mass is 16.4. The smallest absolute Gasteiger partial charge is 0.326 e. The summed E-state index contributed by atoms with van der Waals surface area (Å²) in [5.41, 5.74) is 34.0. The number of primary amides is 2. The van der Waals surface area contributed by atoms with Crippen molar-refractivity contribution in [3.8, 4) is 0 Å². The number of unbranched alkanes of at least 4 members (excludes halogenated alkanes) is 2. The van der Waals surface area contributed by atoms with Gasteiger partial charge in [0.1, 0.15) is 96.7 Å². The number of rotatable bonds is 71. The molecule has 140 heavy (non-hydrogen) atoms. The second kappa shape index (κ2) is 65.8. The number of hydrogen-bond acceptors (Lipinski definition) is 26. The Bertz CT molecular complexity index is 4250. The number of carbonyl (C=O) groups is 20. The molecule has 0 aliphatic rings. The lowest BCUT2D eigenvalue weighted by Gasteiger charge is -2.30. The van der Waals surface area contributed by atoms with Crippen LogP contribution < -0.4 is 130 Å².